The Hall–Kier alpha value is -3.54. The summed E-state index contributed by atoms with van der Waals surface area (Å²) in [5, 5.41) is 14.4. The van der Waals surface area contributed by atoms with E-state index in [0.29, 0.717) is 5.56 Å². The summed E-state index contributed by atoms with van der Waals surface area (Å²) in [6.07, 6.45) is 3.51. The third-order valence-electron chi connectivity index (χ3n) is 5.82. The quantitative estimate of drug-likeness (QED) is 0.536. The van der Waals surface area contributed by atoms with Crippen LogP contribution in [0.5, 0.6) is 5.75 Å². The molecule has 2 aromatic carbocycles. The van der Waals surface area contributed by atoms with Crippen LogP contribution in [0.1, 0.15) is 25.0 Å². The summed E-state index contributed by atoms with van der Waals surface area (Å²) < 4.78 is 1.50. The van der Waals surface area contributed by atoms with E-state index in [1.807, 2.05) is 37.3 Å². The number of phenolic OH excluding ortho intramolecular Hbond substituents is 1. The van der Waals surface area contributed by atoms with Crippen molar-refractivity contribution < 1.29 is 5.11 Å². The zero-order valence-electron chi connectivity index (χ0n) is 16.9. The van der Waals surface area contributed by atoms with E-state index in [1.54, 1.807) is 24.3 Å². The van der Waals surface area contributed by atoms with Crippen LogP contribution in [0.15, 0.2) is 59.4 Å². The molecule has 4 aromatic rings. The van der Waals surface area contributed by atoms with Gasteiger partial charge >= 0.3 is 0 Å². The maximum atomic E-state index is 13.5. The summed E-state index contributed by atoms with van der Waals surface area (Å²) in [4.78, 5) is 19.3. The van der Waals surface area contributed by atoms with Crippen LogP contribution in [0.25, 0.3) is 28.0 Å². The first-order valence-corrected chi connectivity index (χ1v) is 10.4. The van der Waals surface area contributed by atoms with Gasteiger partial charge in [-0.05, 0) is 43.9 Å². The monoisotopic (exact) mass is 400 g/mol. The molecule has 0 aliphatic carbocycles. The molecular weight excluding hydrogens is 376 g/mol. The smallest absolute Gasteiger partial charge is 0.282 e. The number of rotatable bonds is 3. The first-order valence-electron chi connectivity index (χ1n) is 10.4. The molecule has 5 rings (SSSR count). The molecule has 30 heavy (non-hydrogen) atoms. The van der Waals surface area contributed by atoms with Crippen molar-refractivity contribution in [2.75, 3.05) is 18.0 Å². The molecule has 6 nitrogen and oxygen atoms in total. The normalized spacial score (nSPS) is 14.4. The maximum absolute atomic E-state index is 13.5. The SMILES string of the molecule is Cc1[nH]c2c(N3CCCCC3)c(-c3ccccc3)nn2c(=O)c1-c1ccc(O)cc1. The maximum Gasteiger partial charge on any atom is 0.282 e. The van der Waals surface area contributed by atoms with Crippen LogP contribution in [-0.2, 0) is 0 Å². The molecule has 0 radical (unpaired) electrons. The molecule has 2 N–H and O–H groups in total. The second-order valence-electron chi connectivity index (χ2n) is 7.85. The first kappa shape index (κ1) is 18.5. The highest BCUT2D eigenvalue weighted by atomic mass is 16.3. The molecule has 6 heteroatoms. The topological polar surface area (TPSA) is 73.6 Å². The summed E-state index contributed by atoms with van der Waals surface area (Å²) in [6, 6.07) is 16.7. The van der Waals surface area contributed by atoms with Gasteiger partial charge in [0.05, 0.1) is 5.56 Å². The minimum absolute atomic E-state index is 0.160. The van der Waals surface area contributed by atoms with Crippen LogP contribution in [0.2, 0.25) is 0 Å². The summed E-state index contributed by atoms with van der Waals surface area (Å²) in [6.45, 7) is 3.84. The fourth-order valence-corrected chi connectivity index (χ4v) is 4.35. The summed E-state index contributed by atoms with van der Waals surface area (Å²) >= 11 is 0. The van der Waals surface area contributed by atoms with E-state index in [1.165, 1.54) is 10.9 Å². The second-order valence-corrected chi connectivity index (χ2v) is 7.85. The molecule has 1 fully saturated rings. The molecule has 0 amide bonds. The van der Waals surface area contributed by atoms with Gasteiger partial charge in [0.1, 0.15) is 17.1 Å². The van der Waals surface area contributed by atoms with Crippen molar-refractivity contribution in [2.24, 2.45) is 0 Å². The lowest BCUT2D eigenvalue weighted by molar-refractivity contribution is 0.475. The lowest BCUT2D eigenvalue weighted by Crippen LogP contribution is -2.30. The minimum Gasteiger partial charge on any atom is -0.508 e. The lowest BCUT2D eigenvalue weighted by Gasteiger charge is -2.28. The minimum atomic E-state index is -0.160. The third-order valence-corrected chi connectivity index (χ3v) is 5.82. The Morgan fingerprint density at radius 2 is 1.63 bits per heavy atom. The Kier molecular flexibility index (Phi) is 4.54. The lowest BCUT2D eigenvalue weighted by atomic mass is 10.1. The molecular formula is C24H24N4O2. The Morgan fingerprint density at radius 1 is 0.933 bits per heavy atom. The van der Waals surface area contributed by atoms with Crippen LogP contribution in [0, 0.1) is 6.92 Å². The third kappa shape index (κ3) is 3.05. The van der Waals surface area contributed by atoms with Crippen molar-refractivity contribution in [1.82, 2.24) is 14.6 Å². The van der Waals surface area contributed by atoms with Crippen molar-refractivity contribution in [1.29, 1.82) is 0 Å². The number of hydrogen-bond donors (Lipinski definition) is 2. The van der Waals surface area contributed by atoms with Crippen molar-refractivity contribution in [3.63, 3.8) is 0 Å². The fraction of sp³-hybridized carbons (Fsp3) is 0.250. The predicted octanol–water partition coefficient (Wildman–Crippen LogP) is 4.36. The van der Waals surface area contributed by atoms with Crippen LogP contribution in [-0.4, -0.2) is 32.8 Å². The highest BCUT2D eigenvalue weighted by Gasteiger charge is 2.25. The molecule has 1 aliphatic rings. The van der Waals surface area contributed by atoms with E-state index in [4.69, 9.17) is 5.10 Å². The van der Waals surface area contributed by atoms with Crippen molar-refractivity contribution >= 4 is 11.3 Å². The number of fused-ring (bicyclic) bond motifs is 1. The summed E-state index contributed by atoms with van der Waals surface area (Å²) in [5.41, 5.74) is 5.51. The average molecular weight is 400 g/mol. The number of nitrogens with zero attached hydrogens (tertiary/aromatic N) is 3. The number of hydrogen-bond acceptors (Lipinski definition) is 4. The van der Waals surface area contributed by atoms with Gasteiger partial charge in [0, 0.05) is 24.3 Å². The van der Waals surface area contributed by atoms with E-state index in [0.717, 1.165) is 59.8 Å². The highest BCUT2D eigenvalue weighted by Crippen LogP contribution is 2.35. The second kappa shape index (κ2) is 7.37. The number of phenols is 1. The number of benzene rings is 2. The van der Waals surface area contributed by atoms with Crippen LogP contribution < -0.4 is 10.5 Å². The number of nitrogens with one attached hydrogen (secondary N) is 1. The molecule has 0 saturated carbocycles. The molecule has 152 valence electrons. The number of anilines is 1. The van der Waals surface area contributed by atoms with Crippen molar-refractivity contribution in [2.45, 2.75) is 26.2 Å². The van der Waals surface area contributed by atoms with E-state index in [2.05, 4.69) is 9.88 Å². The number of aromatic nitrogens is 3. The standard InChI is InChI=1S/C24H24N4O2/c1-16-20(17-10-12-19(29)13-11-17)24(30)28-23(25-16)22(27-14-6-3-7-15-27)21(26-28)18-8-4-2-5-9-18/h2,4-5,8-13,25,29H,3,6-7,14-15H2,1H3. The Bertz CT molecular complexity index is 1250. The van der Waals surface area contributed by atoms with E-state index in [-0.39, 0.29) is 11.3 Å². The van der Waals surface area contributed by atoms with Crippen molar-refractivity contribution in [3.05, 3.63) is 70.6 Å². The average Bonchev–Trinajstić information content (AvgIpc) is 3.16. The van der Waals surface area contributed by atoms with E-state index in [9.17, 15) is 9.90 Å². The predicted molar refractivity (Wildman–Crippen MR) is 119 cm³/mol. The van der Waals surface area contributed by atoms with Gasteiger partial charge in [0.2, 0.25) is 0 Å². The Morgan fingerprint density at radius 3 is 2.33 bits per heavy atom. The molecule has 2 aromatic heterocycles. The van der Waals surface area contributed by atoms with Gasteiger partial charge in [-0.15, -0.1) is 0 Å². The molecule has 0 spiro atoms. The van der Waals surface area contributed by atoms with Gasteiger partial charge in [-0.25, -0.2) is 0 Å². The number of piperidine rings is 1. The Labute approximate surface area is 174 Å². The number of aromatic hydroxyl groups is 1. The summed E-state index contributed by atoms with van der Waals surface area (Å²) in [7, 11) is 0. The van der Waals surface area contributed by atoms with Crippen LogP contribution in [0.4, 0.5) is 5.69 Å². The molecule has 0 bridgehead atoms. The first-order chi connectivity index (χ1) is 14.6. The van der Waals surface area contributed by atoms with Crippen LogP contribution >= 0.6 is 0 Å². The van der Waals surface area contributed by atoms with Gasteiger partial charge in [0.25, 0.3) is 5.56 Å². The van der Waals surface area contributed by atoms with E-state index < -0.39 is 0 Å². The molecule has 1 saturated heterocycles. The zero-order valence-corrected chi connectivity index (χ0v) is 16.9. The molecule has 0 atom stereocenters. The number of aromatic amines is 1. The Balaban J connectivity index is 1.78. The molecule has 0 unspecified atom stereocenters. The number of H-pyrrole nitrogens is 1. The molecule has 1 aliphatic heterocycles. The van der Waals surface area contributed by atoms with Gasteiger partial charge in [0.15, 0.2) is 5.65 Å². The highest BCUT2D eigenvalue weighted by molar-refractivity contribution is 5.87. The van der Waals surface area contributed by atoms with Crippen molar-refractivity contribution in [3.8, 4) is 28.1 Å². The van der Waals surface area contributed by atoms with Crippen LogP contribution in [0.3, 0.4) is 0 Å². The largest absolute Gasteiger partial charge is 0.508 e. The van der Waals surface area contributed by atoms with Gasteiger partial charge in [-0.1, -0.05) is 42.5 Å². The summed E-state index contributed by atoms with van der Waals surface area (Å²) in [5.74, 6) is 0.173. The van der Waals surface area contributed by atoms with Gasteiger partial charge in [-0.3, -0.25) is 4.79 Å². The molecule has 3 heterocycles. The van der Waals surface area contributed by atoms with Gasteiger partial charge < -0.3 is 15.0 Å². The zero-order chi connectivity index (χ0) is 20.7. The fourth-order valence-electron chi connectivity index (χ4n) is 4.35. The van der Waals surface area contributed by atoms with Gasteiger partial charge in [-0.2, -0.15) is 9.61 Å². The number of aryl methyl sites for hydroxylation is 1. The van der Waals surface area contributed by atoms with E-state index >= 15 is 0 Å².